The van der Waals surface area contributed by atoms with Crippen molar-refractivity contribution in [3.8, 4) is 5.75 Å². The van der Waals surface area contributed by atoms with E-state index in [1.165, 1.54) is 12.5 Å². The van der Waals surface area contributed by atoms with Crippen LogP contribution in [0.5, 0.6) is 5.75 Å². The first kappa shape index (κ1) is 21.2. The molecule has 2 aromatic carbocycles. The van der Waals surface area contributed by atoms with Crippen LogP contribution in [0.3, 0.4) is 0 Å². The minimum Gasteiger partial charge on any atom is -0.495 e. The Hall–Kier alpha value is -1.50. The molecule has 1 amide bonds. The summed E-state index contributed by atoms with van der Waals surface area (Å²) < 4.78 is 7.12. The number of para-hydroxylation sites is 1. The molecule has 0 unspecified atom stereocenters. The van der Waals surface area contributed by atoms with E-state index in [2.05, 4.69) is 42.1 Å². The lowest BCUT2D eigenvalue weighted by molar-refractivity contribution is -0.111. The SMILES string of the molecule is COc1c(Br)cc(Br)cc1/C=C/C(=O)Nc1cccc(Cl)c1N1CCCCC1. The van der Waals surface area contributed by atoms with Gasteiger partial charge in [-0.15, -0.1) is 0 Å². The van der Waals surface area contributed by atoms with Crippen molar-refractivity contribution in [2.24, 2.45) is 0 Å². The Bertz CT molecular complexity index is 896. The first-order valence-electron chi connectivity index (χ1n) is 9.05. The van der Waals surface area contributed by atoms with Crippen LogP contribution in [0.15, 0.2) is 45.4 Å². The maximum Gasteiger partial charge on any atom is 0.248 e. The molecule has 1 saturated heterocycles. The van der Waals surface area contributed by atoms with Crippen molar-refractivity contribution in [1.82, 2.24) is 0 Å². The first-order chi connectivity index (χ1) is 13.5. The molecule has 4 nitrogen and oxygen atoms in total. The Balaban J connectivity index is 1.81. The fraction of sp³-hybridized carbons (Fsp3) is 0.286. The Morgan fingerprint density at radius 2 is 1.96 bits per heavy atom. The van der Waals surface area contributed by atoms with Gasteiger partial charge in [-0.05, 0) is 65.5 Å². The zero-order chi connectivity index (χ0) is 20.1. The van der Waals surface area contributed by atoms with Gasteiger partial charge in [0, 0.05) is 29.2 Å². The third-order valence-electron chi connectivity index (χ3n) is 4.57. The molecule has 0 spiro atoms. The number of carbonyl (C=O) groups is 1. The molecule has 148 valence electrons. The number of nitrogens with one attached hydrogen (secondary N) is 1. The summed E-state index contributed by atoms with van der Waals surface area (Å²) in [5.41, 5.74) is 2.42. The molecule has 28 heavy (non-hydrogen) atoms. The van der Waals surface area contributed by atoms with Gasteiger partial charge in [0.15, 0.2) is 0 Å². The van der Waals surface area contributed by atoms with E-state index < -0.39 is 0 Å². The third kappa shape index (κ3) is 5.10. The van der Waals surface area contributed by atoms with Crippen LogP contribution < -0.4 is 15.0 Å². The van der Waals surface area contributed by atoms with Crippen LogP contribution in [0.2, 0.25) is 5.02 Å². The summed E-state index contributed by atoms with van der Waals surface area (Å²) in [6.07, 6.45) is 6.73. The van der Waals surface area contributed by atoms with E-state index in [0.29, 0.717) is 10.8 Å². The Kier molecular flexibility index (Phi) is 7.43. The quantitative estimate of drug-likeness (QED) is 0.450. The van der Waals surface area contributed by atoms with Gasteiger partial charge >= 0.3 is 0 Å². The number of nitrogens with zero attached hydrogens (tertiary/aromatic N) is 1. The molecule has 0 atom stereocenters. The third-order valence-corrected chi connectivity index (χ3v) is 5.92. The van der Waals surface area contributed by atoms with Crippen LogP contribution in [0.1, 0.15) is 24.8 Å². The summed E-state index contributed by atoms with van der Waals surface area (Å²) >= 11 is 13.4. The van der Waals surface area contributed by atoms with Crippen LogP contribution in [0.25, 0.3) is 6.08 Å². The van der Waals surface area contributed by atoms with Crippen molar-refractivity contribution < 1.29 is 9.53 Å². The van der Waals surface area contributed by atoms with Crippen molar-refractivity contribution in [3.63, 3.8) is 0 Å². The smallest absolute Gasteiger partial charge is 0.248 e. The van der Waals surface area contributed by atoms with Gasteiger partial charge in [-0.3, -0.25) is 4.79 Å². The molecule has 1 N–H and O–H groups in total. The Labute approximate surface area is 187 Å². The van der Waals surface area contributed by atoms with Crippen LogP contribution in [-0.2, 0) is 4.79 Å². The average molecular weight is 529 g/mol. The van der Waals surface area contributed by atoms with Gasteiger partial charge in [0.1, 0.15) is 5.75 Å². The normalized spacial score (nSPS) is 14.4. The number of methoxy groups -OCH3 is 1. The summed E-state index contributed by atoms with van der Waals surface area (Å²) in [6.45, 7) is 1.90. The summed E-state index contributed by atoms with van der Waals surface area (Å²) in [5, 5.41) is 3.62. The van der Waals surface area contributed by atoms with E-state index in [-0.39, 0.29) is 5.91 Å². The topological polar surface area (TPSA) is 41.6 Å². The number of hydrogen-bond donors (Lipinski definition) is 1. The van der Waals surface area contributed by atoms with Gasteiger partial charge in [-0.25, -0.2) is 0 Å². The maximum absolute atomic E-state index is 12.6. The highest BCUT2D eigenvalue weighted by atomic mass is 79.9. The monoisotopic (exact) mass is 526 g/mol. The molecule has 0 radical (unpaired) electrons. The first-order valence-corrected chi connectivity index (χ1v) is 11.0. The van der Waals surface area contributed by atoms with Gasteiger partial charge in [0.25, 0.3) is 0 Å². The number of anilines is 2. The van der Waals surface area contributed by atoms with Gasteiger partial charge in [-0.1, -0.05) is 33.6 Å². The molecule has 0 aromatic heterocycles. The van der Waals surface area contributed by atoms with Crippen LogP contribution in [0.4, 0.5) is 11.4 Å². The van der Waals surface area contributed by atoms with Crippen LogP contribution >= 0.6 is 43.5 Å². The van der Waals surface area contributed by atoms with Gasteiger partial charge in [0.05, 0.1) is 28.0 Å². The van der Waals surface area contributed by atoms with E-state index in [1.807, 2.05) is 30.3 Å². The maximum atomic E-state index is 12.6. The highest BCUT2D eigenvalue weighted by Crippen LogP contribution is 2.36. The molecule has 1 heterocycles. The number of piperidine rings is 1. The predicted octanol–water partition coefficient (Wildman–Crippen LogP) is 6.52. The molecule has 7 heteroatoms. The lowest BCUT2D eigenvalue weighted by Gasteiger charge is -2.31. The largest absolute Gasteiger partial charge is 0.495 e. The lowest BCUT2D eigenvalue weighted by Crippen LogP contribution is -2.30. The molecule has 0 aliphatic carbocycles. The summed E-state index contributed by atoms with van der Waals surface area (Å²) in [5.74, 6) is 0.447. The van der Waals surface area contributed by atoms with Crippen molar-refractivity contribution >= 4 is 66.8 Å². The lowest BCUT2D eigenvalue weighted by atomic mass is 10.1. The number of carbonyl (C=O) groups excluding carboxylic acids is 1. The minimum absolute atomic E-state index is 0.223. The molecule has 1 fully saturated rings. The highest BCUT2D eigenvalue weighted by molar-refractivity contribution is 9.11. The van der Waals surface area contributed by atoms with Gasteiger partial charge < -0.3 is 15.0 Å². The molecule has 0 saturated carbocycles. The second kappa shape index (κ2) is 9.81. The van der Waals surface area contributed by atoms with E-state index in [0.717, 1.165) is 51.8 Å². The zero-order valence-electron chi connectivity index (χ0n) is 15.5. The number of rotatable bonds is 5. The Morgan fingerprint density at radius 3 is 2.68 bits per heavy atom. The van der Waals surface area contributed by atoms with E-state index in [1.54, 1.807) is 13.2 Å². The van der Waals surface area contributed by atoms with Crippen LogP contribution in [0, 0.1) is 0 Å². The summed E-state index contributed by atoms with van der Waals surface area (Å²) in [6, 6.07) is 9.39. The number of hydrogen-bond acceptors (Lipinski definition) is 3. The van der Waals surface area contributed by atoms with Crippen molar-refractivity contribution in [1.29, 1.82) is 0 Å². The van der Waals surface area contributed by atoms with Crippen molar-refractivity contribution in [3.05, 3.63) is 55.9 Å². The summed E-state index contributed by atoms with van der Waals surface area (Å²) in [4.78, 5) is 14.8. The fourth-order valence-electron chi connectivity index (χ4n) is 3.31. The number of amides is 1. The van der Waals surface area contributed by atoms with Gasteiger partial charge in [0.2, 0.25) is 5.91 Å². The number of halogens is 3. The van der Waals surface area contributed by atoms with E-state index in [4.69, 9.17) is 16.3 Å². The molecule has 3 rings (SSSR count). The standard InChI is InChI=1S/C21H21Br2ClN2O2/c1-28-21-14(12-15(22)13-16(21)23)8-9-19(27)25-18-7-5-6-17(24)20(18)26-10-3-2-4-11-26/h5-9,12-13H,2-4,10-11H2,1H3,(H,25,27)/b9-8+. The van der Waals surface area contributed by atoms with E-state index in [9.17, 15) is 4.79 Å². The van der Waals surface area contributed by atoms with Gasteiger partial charge in [-0.2, -0.15) is 0 Å². The van der Waals surface area contributed by atoms with Crippen molar-refractivity contribution in [2.45, 2.75) is 19.3 Å². The molecule has 2 aromatic rings. The molecule has 1 aliphatic rings. The highest BCUT2D eigenvalue weighted by Gasteiger charge is 2.18. The fourth-order valence-corrected chi connectivity index (χ4v) is 5.03. The predicted molar refractivity (Wildman–Crippen MR) is 124 cm³/mol. The Morgan fingerprint density at radius 1 is 1.21 bits per heavy atom. The molecular weight excluding hydrogens is 508 g/mol. The van der Waals surface area contributed by atoms with Crippen molar-refractivity contribution in [2.75, 3.05) is 30.4 Å². The molecule has 1 aliphatic heterocycles. The second-order valence-corrected chi connectivity index (χ2v) is 8.69. The molecule has 0 bridgehead atoms. The average Bonchev–Trinajstić information content (AvgIpc) is 2.67. The number of benzene rings is 2. The number of ether oxygens (including phenoxy) is 1. The molecular formula is C21H21Br2ClN2O2. The second-order valence-electron chi connectivity index (χ2n) is 6.52. The van der Waals surface area contributed by atoms with E-state index >= 15 is 0 Å². The summed E-state index contributed by atoms with van der Waals surface area (Å²) in [7, 11) is 1.60. The minimum atomic E-state index is -0.223. The van der Waals surface area contributed by atoms with Crippen LogP contribution in [-0.4, -0.2) is 26.1 Å². The zero-order valence-corrected chi connectivity index (χ0v) is 19.4.